The van der Waals surface area contributed by atoms with E-state index in [2.05, 4.69) is 29.5 Å². The van der Waals surface area contributed by atoms with Crippen molar-refractivity contribution >= 4 is 39.1 Å². The van der Waals surface area contributed by atoms with Gasteiger partial charge in [0, 0.05) is 37.2 Å². The third-order valence-electron chi connectivity index (χ3n) is 4.24. The molecule has 3 aromatic rings. The fourth-order valence-corrected chi connectivity index (χ4v) is 4.00. The smallest absolute Gasteiger partial charge is 0.254 e. The fraction of sp³-hybridized carbons (Fsp3) is 0.368. The number of carbonyl (C=O) groups excluding carboxylic acids is 1. The van der Waals surface area contributed by atoms with Crippen LogP contribution in [0.1, 0.15) is 35.9 Å². The normalized spacial score (nSPS) is 11.4. The molecule has 5 nitrogen and oxygen atoms in total. The maximum absolute atomic E-state index is 13.1. The summed E-state index contributed by atoms with van der Waals surface area (Å²) in [6.45, 7) is 5.82. The van der Waals surface area contributed by atoms with Crippen molar-refractivity contribution in [3.63, 3.8) is 0 Å². The predicted molar refractivity (Wildman–Crippen MR) is 106 cm³/mol. The van der Waals surface area contributed by atoms with Gasteiger partial charge in [0.2, 0.25) is 0 Å². The number of fused-ring (bicyclic) bond motifs is 1. The molecule has 0 bridgehead atoms. The number of nitrogens with zero attached hydrogens (tertiary/aromatic N) is 3. The Labute approximate surface area is 162 Å². The second-order valence-corrected chi connectivity index (χ2v) is 7.98. The van der Waals surface area contributed by atoms with Gasteiger partial charge in [-0.3, -0.25) is 4.79 Å². The molecule has 0 saturated heterocycles. The number of halogens is 1. The van der Waals surface area contributed by atoms with Crippen LogP contribution in [0.2, 0.25) is 4.47 Å². The lowest BCUT2D eigenvalue weighted by atomic mass is 10.2. The van der Waals surface area contributed by atoms with E-state index in [1.54, 1.807) is 7.11 Å². The van der Waals surface area contributed by atoms with Crippen molar-refractivity contribution in [2.75, 3.05) is 20.3 Å². The van der Waals surface area contributed by atoms with Crippen molar-refractivity contribution in [2.45, 2.75) is 26.4 Å². The molecular formula is C19H22ClN3O2S. The third-order valence-corrected chi connectivity index (χ3v) is 5.36. The molecule has 26 heavy (non-hydrogen) atoms. The first-order valence-corrected chi connectivity index (χ1v) is 9.69. The molecule has 0 unspecified atom stereocenters. The Hall–Kier alpha value is -1.89. The van der Waals surface area contributed by atoms with Crippen LogP contribution in [0.4, 0.5) is 0 Å². The van der Waals surface area contributed by atoms with Crippen molar-refractivity contribution in [3.8, 4) is 0 Å². The standard InChI is InChI=1S/C19H22ClN3O2S/c1-13(2)23-8-4-5-15(23)12-22(9-10-25-3)18(24)14-6-7-16-17(11-14)26-19(20)21-16/h4-8,11,13H,9-10,12H2,1-3H3. The number of amides is 1. The van der Waals surface area contributed by atoms with E-state index in [0.29, 0.717) is 35.8 Å². The van der Waals surface area contributed by atoms with Gasteiger partial charge < -0.3 is 14.2 Å². The SMILES string of the molecule is COCCN(Cc1cccn1C(C)C)C(=O)c1ccc2nc(Cl)sc2c1. The molecule has 0 aliphatic carbocycles. The van der Waals surface area contributed by atoms with Crippen LogP contribution in [0, 0.1) is 0 Å². The van der Waals surface area contributed by atoms with Crippen LogP contribution in [0.5, 0.6) is 0 Å². The van der Waals surface area contributed by atoms with Crippen LogP contribution < -0.4 is 0 Å². The maximum Gasteiger partial charge on any atom is 0.254 e. The van der Waals surface area contributed by atoms with Crippen LogP contribution in [-0.4, -0.2) is 40.6 Å². The van der Waals surface area contributed by atoms with Gasteiger partial charge in [-0.05, 0) is 44.2 Å². The van der Waals surface area contributed by atoms with Crippen molar-refractivity contribution in [1.29, 1.82) is 0 Å². The van der Waals surface area contributed by atoms with Gasteiger partial charge in [0.15, 0.2) is 4.47 Å². The van der Waals surface area contributed by atoms with Crippen LogP contribution >= 0.6 is 22.9 Å². The molecule has 2 heterocycles. The zero-order chi connectivity index (χ0) is 18.7. The number of rotatable bonds is 7. The molecule has 1 amide bonds. The summed E-state index contributed by atoms with van der Waals surface area (Å²) in [7, 11) is 1.64. The van der Waals surface area contributed by atoms with E-state index in [4.69, 9.17) is 16.3 Å². The van der Waals surface area contributed by atoms with Crippen LogP contribution in [-0.2, 0) is 11.3 Å². The summed E-state index contributed by atoms with van der Waals surface area (Å²) in [5, 5.41) is 0. The van der Waals surface area contributed by atoms with Crippen LogP contribution in [0.25, 0.3) is 10.2 Å². The fourth-order valence-electron chi connectivity index (χ4n) is 2.93. The molecule has 0 spiro atoms. The highest BCUT2D eigenvalue weighted by Crippen LogP contribution is 2.27. The molecule has 0 aliphatic heterocycles. The van der Waals surface area contributed by atoms with Crippen molar-refractivity contribution in [3.05, 3.63) is 52.3 Å². The lowest BCUT2D eigenvalue weighted by molar-refractivity contribution is 0.0675. The van der Waals surface area contributed by atoms with Crippen LogP contribution in [0.15, 0.2) is 36.5 Å². The Bertz CT molecular complexity index is 903. The molecule has 2 aromatic heterocycles. The molecular weight excluding hydrogens is 370 g/mol. The van der Waals surface area contributed by atoms with E-state index in [-0.39, 0.29) is 5.91 Å². The van der Waals surface area contributed by atoms with Crippen molar-refractivity contribution < 1.29 is 9.53 Å². The third kappa shape index (κ3) is 4.09. The molecule has 0 saturated carbocycles. The summed E-state index contributed by atoms with van der Waals surface area (Å²) in [5.41, 5.74) is 2.55. The molecule has 0 atom stereocenters. The average Bonchev–Trinajstić information content (AvgIpc) is 3.22. The summed E-state index contributed by atoms with van der Waals surface area (Å²) in [5.74, 6) is -0.0232. The number of hydrogen-bond donors (Lipinski definition) is 0. The molecule has 0 N–H and O–H groups in total. The Kier molecular flexibility index (Phi) is 5.96. The first-order chi connectivity index (χ1) is 12.5. The van der Waals surface area contributed by atoms with Gasteiger partial charge in [-0.15, -0.1) is 11.3 Å². The van der Waals surface area contributed by atoms with Gasteiger partial charge in [-0.25, -0.2) is 4.98 Å². The van der Waals surface area contributed by atoms with E-state index in [0.717, 1.165) is 15.9 Å². The van der Waals surface area contributed by atoms with Crippen LogP contribution in [0.3, 0.4) is 0 Å². The maximum atomic E-state index is 13.1. The first kappa shape index (κ1) is 18.9. The minimum absolute atomic E-state index is 0.0232. The number of benzene rings is 1. The number of carbonyl (C=O) groups is 1. The predicted octanol–water partition coefficient (Wildman–Crippen LogP) is 4.62. The summed E-state index contributed by atoms with van der Waals surface area (Å²) < 4.78 is 8.78. The second kappa shape index (κ2) is 8.20. The molecule has 0 fully saturated rings. The summed E-state index contributed by atoms with van der Waals surface area (Å²) in [6.07, 6.45) is 2.05. The quantitative estimate of drug-likeness (QED) is 0.590. The molecule has 3 rings (SSSR count). The monoisotopic (exact) mass is 391 g/mol. The Morgan fingerprint density at radius 1 is 1.38 bits per heavy atom. The largest absolute Gasteiger partial charge is 0.383 e. The van der Waals surface area contributed by atoms with E-state index >= 15 is 0 Å². The molecule has 7 heteroatoms. The number of hydrogen-bond acceptors (Lipinski definition) is 4. The highest BCUT2D eigenvalue weighted by atomic mass is 35.5. The summed E-state index contributed by atoms with van der Waals surface area (Å²) in [4.78, 5) is 19.2. The second-order valence-electron chi connectivity index (χ2n) is 6.37. The summed E-state index contributed by atoms with van der Waals surface area (Å²) >= 11 is 7.36. The zero-order valence-corrected chi connectivity index (χ0v) is 16.7. The topological polar surface area (TPSA) is 47.4 Å². The van der Waals surface area contributed by atoms with E-state index in [1.807, 2.05) is 35.4 Å². The van der Waals surface area contributed by atoms with E-state index in [1.165, 1.54) is 11.3 Å². The first-order valence-electron chi connectivity index (χ1n) is 8.49. The minimum atomic E-state index is -0.0232. The van der Waals surface area contributed by atoms with E-state index in [9.17, 15) is 4.79 Å². The number of aromatic nitrogens is 2. The highest BCUT2D eigenvalue weighted by molar-refractivity contribution is 7.22. The molecule has 1 aromatic carbocycles. The Morgan fingerprint density at radius 2 is 2.19 bits per heavy atom. The average molecular weight is 392 g/mol. The number of ether oxygens (including phenoxy) is 1. The number of methoxy groups -OCH3 is 1. The van der Waals surface area contributed by atoms with Gasteiger partial charge >= 0.3 is 0 Å². The number of thiazole rings is 1. The Morgan fingerprint density at radius 3 is 2.92 bits per heavy atom. The van der Waals surface area contributed by atoms with E-state index < -0.39 is 0 Å². The van der Waals surface area contributed by atoms with Crippen molar-refractivity contribution in [1.82, 2.24) is 14.5 Å². The molecule has 0 aliphatic rings. The van der Waals surface area contributed by atoms with Gasteiger partial charge in [0.25, 0.3) is 5.91 Å². The van der Waals surface area contributed by atoms with Gasteiger partial charge in [-0.2, -0.15) is 0 Å². The van der Waals surface area contributed by atoms with Crippen molar-refractivity contribution in [2.24, 2.45) is 0 Å². The zero-order valence-electron chi connectivity index (χ0n) is 15.1. The van der Waals surface area contributed by atoms with Gasteiger partial charge in [-0.1, -0.05) is 11.6 Å². The lowest BCUT2D eigenvalue weighted by Gasteiger charge is -2.24. The lowest BCUT2D eigenvalue weighted by Crippen LogP contribution is -2.34. The van der Waals surface area contributed by atoms with Gasteiger partial charge in [0.05, 0.1) is 23.4 Å². The highest BCUT2D eigenvalue weighted by Gasteiger charge is 2.19. The molecule has 138 valence electrons. The summed E-state index contributed by atoms with van der Waals surface area (Å²) in [6, 6.07) is 9.93. The molecule has 0 radical (unpaired) electrons. The van der Waals surface area contributed by atoms with Gasteiger partial charge in [0.1, 0.15) is 0 Å². The minimum Gasteiger partial charge on any atom is -0.383 e. The Balaban J connectivity index is 1.87.